The monoisotopic (exact) mass is 589 g/mol. The highest BCUT2D eigenvalue weighted by Crippen LogP contribution is 2.32. The highest BCUT2D eigenvalue weighted by molar-refractivity contribution is 7.99. The van der Waals surface area contributed by atoms with Crippen molar-refractivity contribution < 1.29 is 14.7 Å². The van der Waals surface area contributed by atoms with Gasteiger partial charge in [-0.3, -0.25) is 19.6 Å². The zero-order valence-electron chi connectivity index (χ0n) is 23.5. The minimum Gasteiger partial charge on any atom is -0.396 e. The first-order chi connectivity index (χ1) is 20.4. The van der Waals surface area contributed by atoms with Gasteiger partial charge < -0.3 is 21.1 Å². The maximum absolute atomic E-state index is 12.9. The summed E-state index contributed by atoms with van der Waals surface area (Å²) in [5.41, 5.74) is 3.00. The van der Waals surface area contributed by atoms with Crippen molar-refractivity contribution >= 4 is 52.1 Å². The summed E-state index contributed by atoms with van der Waals surface area (Å²) in [6.07, 6.45) is 6.53. The molecule has 0 bridgehead atoms. The fraction of sp³-hybridized carbons (Fsp3) is 0.414. The number of carbonyl (C=O) groups excluding carboxylic acids is 2. The van der Waals surface area contributed by atoms with Crippen LogP contribution >= 0.6 is 11.8 Å². The number of fused-ring (bicyclic) bond motifs is 1. The van der Waals surface area contributed by atoms with Gasteiger partial charge in [0.2, 0.25) is 17.0 Å². The number of aliphatic hydroxyl groups excluding tert-OH is 1. The van der Waals surface area contributed by atoms with Crippen molar-refractivity contribution in [3.05, 3.63) is 48.3 Å². The van der Waals surface area contributed by atoms with Crippen LogP contribution in [0.1, 0.15) is 37.8 Å². The van der Waals surface area contributed by atoms with Crippen LogP contribution in [0.15, 0.2) is 52.6 Å². The number of nitrogens with one attached hydrogen (secondary N) is 4. The topological polar surface area (TPSA) is 153 Å². The number of aromatic nitrogens is 5. The van der Waals surface area contributed by atoms with Crippen LogP contribution in [-0.2, 0) is 9.59 Å². The van der Waals surface area contributed by atoms with E-state index in [1.54, 1.807) is 10.7 Å². The van der Waals surface area contributed by atoms with E-state index in [0.717, 1.165) is 61.5 Å². The van der Waals surface area contributed by atoms with Crippen LogP contribution in [0.4, 0.5) is 23.0 Å². The molecule has 3 aromatic heterocycles. The van der Waals surface area contributed by atoms with Crippen LogP contribution < -0.4 is 16.0 Å². The van der Waals surface area contributed by atoms with Gasteiger partial charge in [-0.05, 0) is 100 Å². The Morgan fingerprint density at radius 2 is 1.86 bits per heavy atom. The van der Waals surface area contributed by atoms with Crippen LogP contribution in [0.2, 0.25) is 0 Å². The fourth-order valence-electron chi connectivity index (χ4n) is 5.11. The Kier molecular flexibility index (Phi) is 8.40. The number of benzene rings is 1. The van der Waals surface area contributed by atoms with Crippen LogP contribution in [0.3, 0.4) is 0 Å². The van der Waals surface area contributed by atoms with Gasteiger partial charge in [0.15, 0.2) is 11.6 Å². The number of rotatable bonds is 11. The Hall–Kier alpha value is -3.94. The number of aryl methyl sites for hydroxylation is 1. The van der Waals surface area contributed by atoms with Crippen molar-refractivity contribution in [2.24, 2.45) is 11.8 Å². The van der Waals surface area contributed by atoms with Gasteiger partial charge in [0.05, 0.1) is 18.4 Å². The molecule has 0 spiro atoms. The summed E-state index contributed by atoms with van der Waals surface area (Å²) in [6, 6.07) is 11.3. The van der Waals surface area contributed by atoms with Gasteiger partial charge in [0.1, 0.15) is 5.52 Å². The lowest BCUT2D eigenvalue weighted by atomic mass is 9.94. The number of piperidine rings is 1. The number of H-pyrrole nitrogens is 1. The zero-order chi connectivity index (χ0) is 29.1. The van der Waals surface area contributed by atoms with E-state index in [2.05, 4.69) is 31.0 Å². The molecule has 4 heterocycles. The highest BCUT2D eigenvalue weighted by Gasteiger charge is 2.29. The summed E-state index contributed by atoms with van der Waals surface area (Å²) in [4.78, 5) is 32.8. The number of aliphatic hydroxyl groups is 1. The van der Waals surface area contributed by atoms with E-state index in [9.17, 15) is 14.7 Å². The van der Waals surface area contributed by atoms with Gasteiger partial charge in [-0.2, -0.15) is 5.10 Å². The second kappa shape index (κ2) is 12.5. The molecule has 0 radical (unpaired) electrons. The van der Waals surface area contributed by atoms with E-state index >= 15 is 0 Å². The number of amides is 2. The molecule has 4 aromatic rings. The van der Waals surface area contributed by atoms with Gasteiger partial charge in [0, 0.05) is 34.9 Å². The number of hydrogen-bond donors (Lipinski definition) is 5. The molecule has 5 N–H and O–H groups in total. The molecule has 6 rings (SSSR count). The Morgan fingerprint density at radius 3 is 2.55 bits per heavy atom. The lowest BCUT2D eigenvalue weighted by Gasteiger charge is -2.31. The largest absolute Gasteiger partial charge is 0.396 e. The van der Waals surface area contributed by atoms with E-state index in [1.165, 1.54) is 11.8 Å². The Labute approximate surface area is 247 Å². The minimum atomic E-state index is -0.0830. The molecular weight excluding hydrogens is 554 g/mol. The van der Waals surface area contributed by atoms with E-state index in [0.29, 0.717) is 40.5 Å². The lowest BCUT2D eigenvalue weighted by Crippen LogP contribution is -2.39. The first-order valence-electron chi connectivity index (χ1n) is 14.3. The van der Waals surface area contributed by atoms with Gasteiger partial charge in [-0.15, -0.1) is 5.10 Å². The number of aromatic amines is 1. The summed E-state index contributed by atoms with van der Waals surface area (Å²) in [6.45, 7) is 4.17. The molecule has 0 unspecified atom stereocenters. The van der Waals surface area contributed by atoms with Crippen LogP contribution in [-0.4, -0.2) is 72.9 Å². The van der Waals surface area contributed by atoms with E-state index < -0.39 is 0 Å². The Balaban J connectivity index is 1.17. The smallest absolute Gasteiger partial charge is 0.238 e. The highest BCUT2D eigenvalue weighted by atomic mass is 32.2. The molecule has 1 aromatic carbocycles. The predicted molar refractivity (Wildman–Crippen MR) is 161 cm³/mol. The summed E-state index contributed by atoms with van der Waals surface area (Å²) in [5, 5.41) is 30.8. The molecule has 1 saturated carbocycles. The SMILES string of the molecule is Cc1cc(Nc2nc(Sc3ccc(NC(=O)C4CC4)cc3)nn3cc(NC(=O)CN4CCC(CCO)CC4)cc23)n[nH]1. The normalized spacial score (nSPS) is 16.0. The van der Waals surface area contributed by atoms with E-state index in [-0.39, 0.29) is 24.3 Å². The number of carbonyl (C=O) groups is 2. The molecule has 2 fully saturated rings. The van der Waals surface area contributed by atoms with Gasteiger partial charge in [-0.25, -0.2) is 9.50 Å². The molecule has 1 aliphatic carbocycles. The van der Waals surface area contributed by atoms with Crippen molar-refractivity contribution in [3.63, 3.8) is 0 Å². The van der Waals surface area contributed by atoms with Crippen LogP contribution in [0, 0.1) is 18.8 Å². The number of hydrogen-bond acceptors (Lipinski definition) is 9. The van der Waals surface area contributed by atoms with Crippen molar-refractivity contribution in [1.29, 1.82) is 0 Å². The van der Waals surface area contributed by atoms with Crippen LogP contribution in [0.5, 0.6) is 0 Å². The summed E-state index contributed by atoms with van der Waals surface area (Å²) in [5.74, 6) is 1.85. The second-order valence-electron chi connectivity index (χ2n) is 11.0. The Bertz CT molecular complexity index is 1560. The summed E-state index contributed by atoms with van der Waals surface area (Å²) >= 11 is 1.39. The summed E-state index contributed by atoms with van der Waals surface area (Å²) in [7, 11) is 0. The van der Waals surface area contributed by atoms with Gasteiger partial charge in [-0.1, -0.05) is 0 Å². The van der Waals surface area contributed by atoms with Crippen molar-refractivity contribution in [2.45, 2.75) is 49.1 Å². The molecule has 2 aliphatic rings. The second-order valence-corrected chi connectivity index (χ2v) is 12.1. The zero-order valence-corrected chi connectivity index (χ0v) is 24.3. The van der Waals surface area contributed by atoms with Crippen molar-refractivity contribution in [1.82, 2.24) is 29.7 Å². The average Bonchev–Trinajstić information content (AvgIpc) is 3.63. The predicted octanol–water partition coefficient (Wildman–Crippen LogP) is 4.04. The molecule has 2 amide bonds. The van der Waals surface area contributed by atoms with Crippen molar-refractivity contribution in [3.8, 4) is 0 Å². The minimum absolute atomic E-state index is 0.0756. The maximum Gasteiger partial charge on any atom is 0.238 e. The third-order valence-electron chi connectivity index (χ3n) is 7.57. The average molecular weight is 590 g/mol. The van der Waals surface area contributed by atoms with Crippen LogP contribution in [0.25, 0.3) is 5.52 Å². The van der Waals surface area contributed by atoms with Gasteiger partial charge in [0.25, 0.3) is 0 Å². The standard InChI is InChI=1S/C29H35N9O3S/c1-18-14-25(35-34-18)32-27-24-15-22(30-26(40)17-37-11-8-19(9-12-37)10-13-39)16-38(24)36-29(33-27)42-23-6-4-21(5-7-23)31-28(41)20-2-3-20/h4-7,14-16,19-20,39H,2-3,8-13,17H2,1H3,(H,30,40)(H,31,41)(H2,32,33,34,35,36). The molecule has 0 atom stereocenters. The van der Waals surface area contributed by atoms with Crippen molar-refractivity contribution in [2.75, 3.05) is 42.2 Å². The molecule has 1 saturated heterocycles. The third kappa shape index (κ3) is 7.09. The number of nitrogens with zero attached hydrogens (tertiary/aromatic N) is 5. The molecule has 12 nitrogen and oxygen atoms in total. The lowest BCUT2D eigenvalue weighted by molar-refractivity contribution is -0.118. The number of likely N-dealkylation sites (tertiary alicyclic amines) is 1. The number of anilines is 4. The van der Waals surface area contributed by atoms with E-state index in [4.69, 9.17) is 10.1 Å². The third-order valence-corrected chi connectivity index (χ3v) is 8.43. The summed E-state index contributed by atoms with van der Waals surface area (Å²) < 4.78 is 1.71. The molecule has 42 heavy (non-hydrogen) atoms. The van der Waals surface area contributed by atoms with Gasteiger partial charge >= 0.3 is 0 Å². The molecule has 13 heteroatoms. The Morgan fingerprint density at radius 1 is 1.07 bits per heavy atom. The molecular formula is C29H35N9O3S. The van der Waals surface area contributed by atoms with E-state index in [1.807, 2.05) is 43.3 Å². The molecule has 1 aliphatic heterocycles. The maximum atomic E-state index is 12.9. The first-order valence-corrected chi connectivity index (χ1v) is 15.1. The first kappa shape index (κ1) is 28.2. The molecule has 220 valence electrons. The quantitative estimate of drug-likeness (QED) is 0.174. The fourth-order valence-corrected chi connectivity index (χ4v) is 5.86.